The minimum Gasteiger partial charge on any atom is -0.392 e. The van der Waals surface area contributed by atoms with Crippen LogP contribution < -0.4 is 5.32 Å². The van der Waals surface area contributed by atoms with Crippen LogP contribution in [0.25, 0.3) is 0 Å². The van der Waals surface area contributed by atoms with Gasteiger partial charge in [-0.1, -0.05) is 6.92 Å². The fraction of sp³-hybridized carbons (Fsp3) is 0.714. The van der Waals surface area contributed by atoms with E-state index >= 15 is 0 Å². The summed E-state index contributed by atoms with van der Waals surface area (Å²) in [6, 6.07) is -0.243. The summed E-state index contributed by atoms with van der Waals surface area (Å²) in [6.45, 7) is 7.97. The fourth-order valence-corrected chi connectivity index (χ4v) is 2.41. The number of hydrogen-bond acceptors (Lipinski definition) is 3. The lowest BCUT2D eigenvalue weighted by atomic mass is 10.0. The molecule has 0 saturated heterocycles. The maximum Gasteiger partial charge on any atom is 0.317 e. The van der Waals surface area contributed by atoms with Crippen LogP contribution in [0.15, 0.2) is 0 Å². The van der Waals surface area contributed by atoms with Gasteiger partial charge < -0.3 is 15.3 Å². The van der Waals surface area contributed by atoms with E-state index in [9.17, 15) is 9.90 Å². The molecular formula is C14H26N4O2. The Morgan fingerprint density at radius 3 is 2.50 bits per heavy atom. The monoisotopic (exact) mass is 282 g/mol. The Labute approximate surface area is 120 Å². The van der Waals surface area contributed by atoms with Crippen molar-refractivity contribution < 1.29 is 9.90 Å². The summed E-state index contributed by atoms with van der Waals surface area (Å²) < 4.78 is 1.83. The molecule has 6 heteroatoms. The van der Waals surface area contributed by atoms with Gasteiger partial charge in [-0.3, -0.25) is 4.68 Å². The molecule has 20 heavy (non-hydrogen) atoms. The Morgan fingerprint density at radius 1 is 1.50 bits per heavy atom. The number of nitrogens with zero attached hydrogens (tertiary/aromatic N) is 3. The number of carbonyl (C=O) groups is 1. The maximum atomic E-state index is 12.1. The lowest BCUT2D eigenvalue weighted by molar-refractivity contribution is 0.142. The molecule has 114 valence electrons. The van der Waals surface area contributed by atoms with Gasteiger partial charge in [-0.25, -0.2) is 4.79 Å². The van der Waals surface area contributed by atoms with E-state index in [1.54, 1.807) is 14.0 Å². The molecule has 2 amide bonds. The molecule has 6 nitrogen and oxygen atoms in total. The summed E-state index contributed by atoms with van der Waals surface area (Å²) in [6.07, 6.45) is 0.259. The molecule has 0 aliphatic carbocycles. The number of carbonyl (C=O) groups excluding carboxylic acids is 1. The van der Waals surface area contributed by atoms with E-state index in [1.165, 1.54) is 4.90 Å². The van der Waals surface area contributed by atoms with Gasteiger partial charge in [-0.2, -0.15) is 5.10 Å². The highest BCUT2D eigenvalue weighted by Crippen LogP contribution is 2.23. The van der Waals surface area contributed by atoms with Crippen LogP contribution in [0.1, 0.15) is 43.3 Å². The topological polar surface area (TPSA) is 70.4 Å². The van der Waals surface area contributed by atoms with Crippen LogP contribution in [-0.2, 0) is 7.05 Å². The van der Waals surface area contributed by atoms with E-state index in [0.29, 0.717) is 6.54 Å². The van der Waals surface area contributed by atoms with Crippen molar-refractivity contribution in [3.05, 3.63) is 17.0 Å². The van der Waals surface area contributed by atoms with Gasteiger partial charge in [0, 0.05) is 31.9 Å². The van der Waals surface area contributed by atoms with Gasteiger partial charge in [0.1, 0.15) is 0 Å². The second-order valence-electron chi connectivity index (χ2n) is 5.35. The minimum absolute atomic E-state index is 0.0624. The first kappa shape index (κ1) is 16.5. The first-order chi connectivity index (χ1) is 9.27. The van der Waals surface area contributed by atoms with Crippen LogP contribution in [0.4, 0.5) is 4.79 Å². The molecule has 0 bridgehead atoms. The molecular weight excluding hydrogens is 256 g/mol. The molecule has 0 fully saturated rings. The zero-order chi connectivity index (χ0) is 15.4. The van der Waals surface area contributed by atoms with E-state index in [1.807, 2.05) is 32.5 Å². The number of aromatic nitrogens is 2. The van der Waals surface area contributed by atoms with Crippen molar-refractivity contribution in [3.63, 3.8) is 0 Å². The number of hydrogen-bond donors (Lipinski definition) is 2. The van der Waals surface area contributed by atoms with E-state index in [4.69, 9.17) is 0 Å². The SMILES string of the molecule is CCC(NC(=O)N(C)CC(C)O)c1c(C)nn(C)c1C. The van der Waals surface area contributed by atoms with Gasteiger partial charge in [0.15, 0.2) is 0 Å². The summed E-state index contributed by atoms with van der Waals surface area (Å²) in [5.41, 5.74) is 3.08. The number of aryl methyl sites for hydroxylation is 2. The second-order valence-corrected chi connectivity index (χ2v) is 5.35. The number of amides is 2. The Bertz CT molecular complexity index is 468. The highest BCUT2D eigenvalue weighted by atomic mass is 16.3. The molecule has 2 atom stereocenters. The van der Waals surface area contributed by atoms with Gasteiger partial charge in [0.2, 0.25) is 0 Å². The number of nitrogens with one attached hydrogen (secondary N) is 1. The Hall–Kier alpha value is -1.56. The van der Waals surface area contributed by atoms with Crippen molar-refractivity contribution in [1.82, 2.24) is 20.0 Å². The van der Waals surface area contributed by atoms with Crippen molar-refractivity contribution >= 4 is 6.03 Å². The zero-order valence-corrected chi connectivity index (χ0v) is 13.3. The molecule has 2 unspecified atom stereocenters. The predicted octanol–water partition coefficient (Wildman–Crippen LogP) is 1.51. The van der Waals surface area contributed by atoms with Gasteiger partial charge in [-0.15, -0.1) is 0 Å². The lowest BCUT2D eigenvalue weighted by Gasteiger charge is -2.24. The molecule has 0 aliphatic rings. The van der Waals surface area contributed by atoms with Crippen molar-refractivity contribution in [2.75, 3.05) is 13.6 Å². The Morgan fingerprint density at radius 2 is 2.10 bits per heavy atom. The van der Waals surface area contributed by atoms with Crippen LogP contribution in [-0.4, -0.2) is 45.5 Å². The third-order valence-electron chi connectivity index (χ3n) is 3.50. The van der Waals surface area contributed by atoms with Crippen LogP contribution >= 0.6 is 0 Å². The molecule has 0 radical (unpaired) electrons. The molecule has 0 aromatic carbocycles. The molecule has 0 saturated carbocycles. The predicted molar refractivity (Wildman–Crippen MR) is 78.6 cm³/mol. The molecule has 0 spiro atoms. The van der Waals surface area contributed by atoms with Crippen LogP contribution in [0, 0.1) is 13.8 Å². The third kappa shape index (κ3) is 3.72. The molecule has 1 rings (SSSR count). The van der Waals surface area contributed by atoms with Crippen molar-refractivity contribution in [2.45, 2.75) is 46.3 Å². The normalized spacial score (nSPS) is 13.9. The van der Waals surface area contributed by atoms with Crippen molar-refractivity contribution in [3.8, 4) is 0 Å². The fourth-order valence-electron chi connectivity index (χ4n) is 2.41. The Kier molecular flexibility index (Phi) is 5.56. The van der Waals surface area contributed by atoms with E-state index < -0.39 is 6.10 Å². The molecule has 0 aliphatic heterocycles. The largest absolute Gasteiger partial charge is 0.392 e. The van der Waals surface area contributed by atoms with Crippen LogP contribution in [0.3, 0.4) is 0 Å². The van der Waals surface area contributed by atoms with Crippen LogP contribution in [0.5, 0.6) is 0 Å². The number of rotatable bonds is 5. The van der Waals surface area contributed by atoms with Crippen molar-refractivity contribution in [2.24, 2.45) is 7.05 Å². The maximum absolute atomic E-state index is 12.1. The first-order valence-electron chi connectivity index (χ1n) is 6.97. The van der Waals surface area contributed by atoms with E-state index in [2.05, 4.69) is 10.4 Å². The van der Waals surface area contributed by atoms with E-state index in [-0.39, 0.29) is 12.1 Å². The number of aliphatic hydroxyl groups excluding tert-OH is 1. The Balaban J connectivity index is 2.84. The van der Waals surface area contributed by atoms with Gasteiger partial charge in [0.05, 0.1) is 17.8 Å². The van der Waals surface area contributed by atoms with Gasteiger partial charge in [0.25, 0.3) is 0 Å². The highest BCUT2D eigenvalue weighted by molar-refractivity contribution is 5.74. The van der Waals surface area contributed by atoms with Crippen molar-refractivity contribution in [1.29, 1.82) is 0 Å². The van der Waals surface area contributed by atoms with E-state index in [0.717, 1.165) is 23.4 Å². The quantitative estimate of drug-likeness (QED) is 0.860. The standard InChI is InChI=1S/C14H26N4O2/c1-7-12(13-10(3)16-18(6)11(13)4)15-14(20)17(5)8-9(2)19/h9,12,19H,7-8H2,1-6H3,(H,15,20). The highest BCUT2D eigenvalue weighted by Gasteiger charge is 2.22. The van der Waals surface area contributed by atoms with Crippen LogP contribution in [0.2, 0.25) is 0 Å². The van der Waals surface area contributed by atoms with Gasteiger partial charge >= 0.3 is 6.03 Å². The summed E-state index contributed by atoms with van der Waals surface area (Å²) in [5, 5.41) is 16.7. The number of urea groups is 1. The summed E-state index contributed by atoms with van der Waals surface area (Å²) in [7, 11) is 3.58. The second kappa shape index (κ2) is 6.74. The molecule has 1 aromatic heterocycles. The number of likely N-dealkylation sites (N-methyl/N-ethyl adjacent to an activating group) is 1. The number of aliphatic hydroxyl groups is 1. The minimum atomic E-state index is -0.535. The molecule has 1 heterocycles. The first-order valence-corrected chi connectivity index (χ1v) is 6.97. The molecule has 2 N–H and O–H groups in total. The average molecular weight is 282 g/mol. The summed E-state index contributed by atoms with van der Waals surface area (Å²) in [5.74, 6) is 0. The summed E-state index contributed by atoms with van der Waals surface area (Å²) in [4.78, 5) is 13.6. The zero-order valence-electron chi connectivity index (χ0n) is 13.3. The third-order valence-corrected chi connectivity index (χ3v) is 3.50. The average Bonchev–Trinajstić information content (AvgIpc) is 2.60. The molecule has 1 aromatic rings. The lowest BCUT2D eigenvalue weighted by Crippen LogP contribution is -2.42. The van der Waals surface area contributed by atoms with Gasteiger partial charge in [-0.05, 0) is 27.2 Å². The summed E-state index contributed by atoms with van der Waals surface area (Å²) >= 11 is 0. The smallest absolute Gasteiger partial charge is 0.317 e.